The Hall–Kier alpha value is -3.42. The van der Waals surface area contributed by atoms with E-state index in [1.54, 1.807) is 35.2 Å². The summed E-state index contributed by atoms with van der Waals surface area (Å²) in [5, 5.41) is 13.4. The minimum atomic E-state index is -0.724. The molecule has 4 rings (SSSR count). The van der Waals surface area contributed by atoms with Crippen LogP contribution in [0.3, 0.4) is 0 Å². The van der Waals surface area contributed by atoms with Gasteiger partial charge in [0, 0.05) is 5.57 Å². The van der Waals surface area contributed by atoms with Gasteiger partial charge >= 0.3 is 0 Å². The van der Waals surface area contributed by atoms with Crippen molar-refractivity contribution in [2.24, 2.45) is 0 Å². The van der Waals surface area contributed by atoms with Crippen molar-refractivity contribution in [2.75, 3.05) is 46.0 Å². The van der Waals surface area contributed by atoms with Gasteiger partial charge in [-0.25, -0.2) is 0 Å². The highest BCUT2D eigenvalue weighted by Crippen LogP contribution is 2.38. The van der Waals surface area contributed by atoms with Crippen molar-refractivity contribution < 1.29 is 29.1 Å². The average Bonchev–Trinajstić information content (AvgIpc) is 3.12. The number of ether oxygens (including phenoxy) is 2. The van der Waals surface area contributed by atoms with Gasteiger partial charge in [-0.05, 0) is 23.3 Å². The number of hydrogen-bond donors (Lipinski definition) is 1. The number of amides is 1. The zero-order chi connectivity index (χ0) is 23.2. The van der Waals surface area contributed by atoms with Gasteiger partial charge in [0.1, 0.15) is 25.4 Å². The molecule has 2 aromatic carbocycles. The fourth-order valence-electron chi connectivity index (χ4n) is 4.28. The zero-order valence-corrected chi connectivity index (χ0v) is 18.5. The van der Waals surface area contributed by atoms with Gasteiger partial charge in [0.25, 0.3) is 5.91 Å². The number of quaternary nitrogens is 1. The molecule has 7 nitrogen and oxygen atoms in total. The van der Waals surface area contributed by atoms with E-state index in [0.717, 1.165) is 18.7 Å². The first-order valence-corrected chi connectivity index (χ1v) is 11.2. The fraction of sp³-hybridized carbons (Fsp3) is 0.308. The number of carbonyl (C=O) groups excluding carboxylic acids is 2. The highest BCUT2D eigenvalue weighted by molar-refractivity contribution is 6.46. The van der Waals surface area contributed by atoms with Gasteiger partial charge < -0.3 is 24.4 Å². The lowest BCUT2D eigenvalue weighted by Gasteiger charge is -2.30. The number of nitrogens with zero attached hydrogens (tertiary/aromatic N) is 1. The van der Waals surface area contributed by atoms with Gasteiger partial charge in [-0.3, -0.25) is 9.59 Å². The van der Waals surface area contributed by atoms with Gasteiger partial charge in [-0.2, -0.15) is 0 Å². The molecule has 2 aliphatic rings. The van der Waals surface area contributed by atoms with Crippen LogP contribution in [-0.4, -0.2) is 62.6 Å². The highest BCUT2D eigenvalue weighted by Gasteiger charge is 2.44. The fourth-order valence-corrected chi connectivity index (χ4v) is 4.28. The van der Waals surface area contributed by atoms with Crippen molar-refractivity contribution in [1.82, 2.24) is 4.90 Å². The molecule has 0 radical (unpaired) electrons. The van der Waals surface area contributed by atoms with E-state index < -0.39 is 23.5 Å². The van der Waals surface area contributed by atoms with E-state index in [-0.39, 0.29) is 5.57 Å². The summed E-state index contributed by atoms with van der Waals surface area (Å²) in [6, 6.07) is 15.2. The van der Waals surface area contributed by atoms with E-state index in [9.17, 15) is 14.7 Å². The second-order valence-corrected chi connectivity index (χ2v) is 8.12. The third-order valence-electron chi connectivity index (χ3n) is 6.04. The summed E-state index contributed by atoms with van der Waals surface area (Å²) in [4.78, 5) is 29.0. The van der Waals surface area contributed by atoms with Crippen LogP contribution in [0.1, 0.15) is 17.2 Å². The average molecular weight is 449 g/mol. The maximum Gasteiger partial charge on any atom is 0.295 e. The number of morpholine rings is 1. The van der Waals surface area contributed by atoms with Gasteiger partial charge in [0.15, 0.2) is 0 Å². The molecule has 0 aliphatic carbocycles. The Balaban J connectivity index is 1.66. The number of carbonyl (C=O) groups is 2. The molecule has 0 aromatic heterocycles. The van der Waals surface area contributed by atoms with Crippen LogP contribution in [0.2, 0.25) is 0 Å². The van der Waals surface area contributed by atoms with Crippen LogP contribution in [0, 0.1) is 0 Å². The van der Waals surface area contributed by atoms with E-state index in [2.05, 4.69) is 6.58 Å². The van der Waals surface area contributed by atoms with Crippen LogP contribution in [0.25, 0.3) is 5.76 Å². The van der Waals surface area contributed by atoms with Gasteiger partial charge in [0.05, 0.1) is 32.3 Å². The van der Waals surface area contributed by atoms with Crippen molar-refractivity contribution in [3.05, 3.63) is 84.0 Å². The standard InChI is InChI=1S/C26H28N2O5/c1-2-16-33-21-10-8-20(9-11-21)24(29)22-23(19-6-4-3-5-7-19)28(26(31)25(22)30)13-12-27-14-17-32-18-15-27/h2-11,23,29H,1,12-18H2. The molecule has 0 spiro atoms. The number of Topliss-reactive ketones (excluding diaryl/α,β-unsaturated/α-hetero) is 1. The number of ketones is 1. The number of hydrogen-bond acceptors (Lipinski definition) is 5. The van der Waals surface area contributed by atoms with Crippen molar-refractivity contribution >= 4 is 17.4 Å². The lowest BCUT2D eigenvalue weighted by Crippen LogP contribution is -3.14. The largest absolute Gasteiger partial charge is 0.872 e. The predicted octanol–water partition coefficient (Wildman–Crippen LogP) is 0.391. The van der Waals surface area contributed by atoms with Crippen molar-refractivity contribution in [1.29, 1.82) is 0 Å². The molecule has 2 heterocycles. The Morgan fingerprint density at radius 2 is 1.82 bits per heavy atom. The third-order valence-corrected chi connectivity index (χ3v) is 6.04. The summed E-state index contributed by atoms with van der Waals surface area (Å²) < 4.78 is 10.9. The molecule has 1 atom stereocenters. The van der Waals surface area contributed by atoms with Crippen LogP contribution in [0.15, 0.2) is 72.8 Å². The summed E-state index contributed by atoms with van der Waals surface area (Å²) in [6.45, 7) is 8.16. The molecular weight excluding hydrogens is 420 g/mol. The second-order valence-electron chi connectivity index (χ2n) is 8.12. The third kappa shape index (κ3) is 4.99. The topological polar surface area (TPSA) is 83.3 Å². The van der Waals surface area contributed by atoms with Gasteiger partial charge in [0.2, 0.25) is 5.78 Å². The minimum Gasteiger partial charge on any atom is -0.872 e. The lowest BCUT2D eigenvalue weighted by molar-refractivity contribution is -0.907. The molecule has 1 N–H and O–H groups in total. The lowest BCUT2D eigenvalue weighted by atomic mass is 9.95. The zero-order valence-electron chi connectivity index (χ0n) is 18.5. The van der Waals surface area contributed by atoms with Crippen LogP contribution < -0.4 is 14.7 Å². The summed E-state index contributed by atoms with van der Waals surface area (Å²) in [7, 11) is 0. The first-order valence-electron chi connectivity index (χ1n) is 11.2. The molecule has 2 aliphatic heterocycles. The summed E-state index contributed by atoms with van der Waals surface area (Å²) >= 11 is 0. The number of nitrogens with one attached hydrogen (secondary N) is 1. The first kappa shape index (κ1) is 22.8. The summed E-state index contributed by atoms with van der Waals surface area (Å²) in [5.74, 6) is -1.18. The first-order chi connectivity index (χ1) is 16.1. The summed E-state index contributed by atoms with van der Waals surface area (Å²) in [5.41, 5.74) is 1.10. The summed E-state index contributed by atoms with van der Waals surface area (Å²) in [6.07, 6.45) is 1.63. The molecule has 7 heteroatoms. The Bertz CT molecular complexity index is 1030. The molecule has 1 amide bonds. The van der Waals surface area contributed by atoms with E-state index in [1.807, 2.05) is 30.3 Å². The molecule has 2 aromatic rings. The van der Waals surface area contributed by atoms with Crippen LogP contribution in [-0.2, 0) is 14.3 Å². The minimum absolute atomic E-state index is 0.00272. The Morgan fingerprint density at radius 3 is 2.48 bits per heavy atom. The van der Waals surface area contributed by atoms with Crippen LogP contribution in [0.4, 0.5) is 0 Å². The van der Waals surface area contributed by atoms with Gasteiger partial charge in [-0.1, -0.05) is 60.9 Å². The van der Waals surface area contributed by atoms with Gasteiger partial charge in [-0.15, -0.1) is 0 Å². The van der Waals surface area contributed by atoms with Crippen LogP contribution in [0.5, 0.6) is 5.75 Å². The second kappa shape index (κ2) is 10.5. The molecule has 33 heavy (non-hydrogen) atoms. The normalized spacial score (nSPS) is 20.7. The van der Waals surface area contributed by atoms with E-state index in [4.69, 9.17) is 9.47 Å². The maximum absolute atomic E-state index is 13.4. The molecule has 0 saturated carbocycles. The molecule has 0 bridgehead atoms. The number of rotatable bonds is 8. The Kier molecular flexibility index (Phi) is 7.22. The SMILES string of the molecule is C=CCOc1ccc(C([O-])=C2C(=O)C(=O)N(CC[NH+]3CCOCC3)C2c2ccccc2)cc1. The molecule has 2 fully saturated rings. The van der Waals surface area contributed by atoms with Crippen molar-refractivity contribution in [2.45, 2.75) is 6.04 Å². The smallest absolute Gasteiger partial charge is 0.295 e. The molecule has 172 valence electrons. The van der Waals surface area contributed by atoms with Crippen molar-refractivity contribution in [3.63, 3.8) is 0 Å². The van der Waals surface area contributed by atoms with Crippen molar-refractivity contribution in [3.8, 4) is 5.75 Å². The van der Waals surface area contributed by atoms with E-state index >= 15 is 0 Å². The highest BCUT2D eigenvalue weighted by atomic mass is 16.5. The number of likely N-dealkylation sites (tertiary alicyclic amines) is 1. The number of benzene rings is 2. The van der Waals surface area contributed by atoms with Crippen LogP contribution >= 0.6 is 0 Å². The molecular formula is C26H28N2O5. The maximum atomic E-state index is 13.4. The quantitative estimate of drug-likeness (QED) is 0.273. The molecule has 2 saturated heterocycles. The Labute approximate surface area is 193 Å². The predicted molar refractivity (Wildman–Crippen MR) is 121 cm³/mol. The Morgan fingerprint density at radius 1 is 1.12 bits per heavy atom. The monoisotopic (exact) mass is 448 g/mol. The van der Waals surface area contributed by atoms with E-state index in [0.29, 0.717) is 44.2 Å². The van der Waals surface area contributed by atoms with E-state index in [1.165, 1.54) is 4.90 Å². The molecule has 1 unspecified atom stereocenters.